The molecule has 1 aliphatic carbocycles. The summed E-state index contributed by atoms with van der Waals surface area (Å²) in [7, 11) is 0. The van der Waals surface area contributed by atoms with Crippen molar-refractivity contribution >= 4 is 37.8 Å². The fourth-order valence-corrected chi connectivity index (χ4v) is 3.88. The highest BCUT2D eigenvalue weighted by atomic mass is 79.9. The molecule has 150 valence electrons. The van der Waals surface area contributed by atoms with Crippen molar-refractivity contribution in [3.63, 3.8) is 0 Å². The highest BCUT2D eigenvalue weighted by Crippen LogP contribution is 2.60. The third-order valence-corrected chi connectivity index (χ3v) is 5.56. The highest BCUT2D eigenvalue weighted by molar-refractivity contribution is 9.28. The predicted molar refractivity (Wildman–Crippen MR) is 114 cm³/mol. The molecule has 3 rings (SSSR count). The maximum absolute atomic E-state index is 13.0. The van der Waals surface area contributed by atoms with Crippen molar-refractivity contribution < 1.29 is 18.7 Å². The lowest BCUT2D eigenvalue weighted by molar-refractivity contribution is -0.149. The first-order chi connectivity index (χ1) is 13.7. The van der Waals surface area contributed by atoms with Gasteiger partial charge < -0.3 is 9.47 Å². The Labute approximate surface area is 185 Å². The van der Waals surface area contributed by atoms with E-state index < -0.39 is 12.1 Å². The van der Waals surface area contributed by atoms with E-state index in [1.807, 2.05) is 26.0 Å². The van der Waals surface area contributed by atoms with Crippen LogP contribution in [-0.2, 0) is 9.53 Å². The van der Waals surface area contributed by atoms with E-state index in [1.165, 1.54) is 24.3 Å². The van der Waals surface area contributed by atoms with Crippen LogP contribution in [0.3, 0.4) is 0 Å². The molecule has 1 fully saturated rings. The van der Waals surface area contributed by atoms with Crippen LogP contribution in [0.2, 0.25) is 0 Å². The van der Waals surface area contributed by atoms with Crippen LogP contribution in [0.25, 0.3) is 0 Å². The van der Waals surface area contributed by atoms with Crippen LogP contribution in [0.1, 0.15) is 25.5 Å². The van der Waals surface area contributed by atoms with Gasteiger partial charge in [0.15, 0.2) is 0 Å². The van der Waals surface area contributed by atoms with Crippen molar-refractivity contribution in [2.45, 2.75) is 20.0 Å². The lowest BCUT2D eigenvalue weighted by atomic mass is 10.1. The molecular weight excluding hydrogens is 505 g/mol. The molecule has 2 aromatic rings. The first kappa shape index (κ1) is 21.5. The van der Waals surface area contributed by atoms with E-state index >= 15 is 0 Å². The summed E-state index contributed by atoms with van der Waals surface area (Å²) in [6.07, 6.45) is 0.873. The van der Waals surface area contributed by atoms with E-state index in [4.69, 9.17) is 9.47 Å². The number of halogens is 3. The first-order valence-electron chi connectivity index (χ1n) is 8.88. The number of benzene rings is 2. The molecule has 0 N–H and O–H groups in total. The zero-order valence-electron chi connectivity index (χ0n) is 15.7. The smallest absolute Gasteiger partial charge is 0.311 e. The highest BCUT2D eigenvalue weighted by Gasteiger charge is 2.61. The number of ether oxygens (including phenoxy) is 2. The molecule has 1 aliphatic rings. The summed E-state index contributed by atoms with van der Waals surface area (Å²) in [4.78, 5) is 12.7. The quantitative estimate of drug-likeness (QED) is 0.399. The van der Waals surface area contributed by atoms with Crippen LogP contribution in [0, 0.1) is 34.4 Å². The molecule has 0 amide bonds. The minimum Gasteiger partial charge on any atom is -0.457 e. The molecular formula is C22H18Br2FNO3. The van der Waals surface area contributed by atoms with E-state index in [1.54, 1.807) is 24.3 Å². The third-order valence-electron chi connectivity index (χ3n) is 5.03. The summed E-state index contributed by atoms with van der Waals surface area (Å²) in [5, 5.41) is 9.55. The third kappa shape index (κ3) is 5.06. The van der Waals surface area contributed by atoms with Gasteiger partial charge in [0.2, 0.25) is 6.10 Å². The first-order valence-corrected chi connectivity index (χ1v) is 10.5. The second-order valence-electron chi connectivity index (χ2n) is 7.36. The maximum atomic E-state index is 13.0. The number of nitrogens with zero attached hydrogens (tertiary/aromatic N) is 1. The van der Waals surface area contributed by atoms with Crippen LogP contribution in [0.15, 0.2) is 58.0 Å². The fraction of sp³-hybridized carbons (Fsp3) is 0.273. The second kappa shape index (κ2) is 8.68. The number of rotatable bonds is 6. The SMILES string of the molecule is CC1(C)[C@H](C(=O)O[C@H](C#N)c2cccc(Oc3ccc(F)cc3)c2)[C@@H]1C=C(Br)Br. The van der Waals surface area contributed by atoms with Gasteiger partial charge in [0, 0.05) is 5.56 Å². The minimum absolute atomic E-state index is 0.0243. The lowest BCUT2D eigenvalue weighted by Crippen LogP contribution is -2.14. The van der Waals surface area contributed by atoms with Crippen LogP contribution in [0.4, 0.5) is 4.39 Å². The Morgan fingerprint density at radius 2 is 1.90 bits per heavy atom. The number of hydrogen-bond acceptors (Lipinski definition) is 4. The van der Waals surface area contributed by atoms with E-state index in [0.717, 1.165) is 3.39 Å². The van der Waals surface area contributed by atoms with Gasteiger partial charge in [-0.15, -0.1) is 0 Å². The Balaban J connectivity index is 1.72. The maximum Gasteiger partial charge on any atom is 0.311 e. The predicted octanol–water partition coefficient (Wildman–Crippen LogP) is 6.63. The van der Waals surface area contributed by atoms with Gasteiger partial charge in [-0.05, 0) is 79.6 Å². The molecule has 1 saturated carbocycles. The molecule has 3 atom stereocenters. The van der Waals surface area contributed by atoms with Gasteiger partial charge in [-0.3, -0.25) is 4.79 Å². The van der Waals surface area contributed by atoms with Crippen molar-refractivity contribution in [2.75, 3.05) is 0 Å². The van der Waals surface area contributed by atoms with Crippen LogP contribution < -0.4 is 4.74 Å². The van der Waals surface area contributed by atoms with Gasteiger partial charge in [-0.2, -0.15) is 5.26 Å². The van der Waals surface area contributed by atoms with Crippen molar-refractivity contribution in [1.29, 1.82) is 5.26 Å². The number of hydrogen-bond donors (Lipinski definition) is 0. The molecule has 4 nitrogen and oxygen atoms in total. The van der Waals surface area contributed by atoms with E-state index in [9.17, 15) is 14.4 Å². The molecule has 0 aromatic heterocycles. The van der Waals surface area contributed by atoms with Crippen LogP contribution >= 0.6 is 31.9 Å². The Kier molecular flexibility index (Phi) is 6.45. The van der Waals surface area contributed by atoms with Crippen LogP contribution in [0.5, 0.6) is 11.5 Å². The molecule has 0 bridgehead atoms. The molecule has 0 aliphatic heterocycles. The normalized spacial score (nSPS) is 20.1. The monoisotopic (exact) mass is 521 g/mol. The van der Waals surface area contributed by atoms with Gasteiger partial charge in [-0.25, -0.2) is 4.39 Å². The summed E-state index contributed by atoms with van der Waals surface area (Å²) < 4.78 is 25.0. The Bertz CT molecular complexity index is 978. The summed E-state index contributed by atoms with van der Waals surface area (Å²) in [5.41, 5.74) is 0.268. The van der Waals surface area contributed by atoms with E-state index in [2.05, 4.69) is 31.9 Å². The Hall–Kier alpha value is -2.17. The Morgan fingerprint density at radius 1 is 1.21 bits per heavy atom. The standard InChI is InChI=1S/C22H18Br2FNO3/c1-22(2)17(11-19(23)24)20(22)21(27)29-18(12-26)13-4-3-5-16(10-13)28-15-8-6-14(25)7-9-15/h3-11,17-18,20H,1-2H3/t17-,18+,20-/m0/s1. The number of carbonyl (C=O) groups excluding carboxylic acids is 1. The minimum atomic E-state index is -1.05. The molecule has 0 radical (unpaired) electrons. The van der Waals surface area contributed by atoms with Gasteiger partial charge >= 0.3 is 5.97 Å². The van der Waals surface area contributed by atoms with Gasteiger partial charge in [-0.1, -0.05) is 32.1 Å². The zero-order chi connectivity index (χ0) is 21.2. The largest absolute Gasteiger partial charge is 0.457 e. The molecule has 0 heterocycles. The topological polar surface area (TPSA) is 59.3 Å². The molecule has 0 unspecified atom stereocenters. The van der Waals surface area contributed by atoms with Gasteiger partial charge in [0.25, 0.3) is 0 Å². The van der Waals surface area contributed by atoms with Crippen molar-refractivity contribution in [1.82, 2.24) is 0 Å². The summed E-state index contributed by atoms with van der Waals surface area (Å²) in [6.45, 7) is 3.98. The van der Waals surface area contributed by atoms with Crippen LogP contribution in [-0.4, -0.2) is 5.97 Å². The summed E-state index contributed by atoms with van der Waals surface area (Å²) >= 11 is 6.64. The summed E-state index contributed by atoms with van der Waals surface area (Å²) in [5.74, 6) is -0.136. The number of nitriles is 1. The molecule has 0 spiro atoms. The lowest BCUT2D eigenvalue weighted by Gasteiger charge is -2.13. The zero-order valence-corrected chi connectivity index (χ0v) is 18.9. The number of esters is 1. The second-order valence-corrected chi connectivity index (χ2v) is 10.1. The van der Waals surface area contributed by atoms with Crippen molar-refractivity contribution in [3.05, 3.63) is 69.4 Å². The van der Waals surface area contributed by atoms with Gasteiger partial charge in [0.05, 0.1) is 9.31 Å². The number of carbonyl (C=O) groups is 1. The fourth-order valence-electron chi connectivity index (χ4n) is 3.31. The Morgan fingerprint density at radius 3 is 2.52 bits per heavy atom. The van der Waals surface area contributed by atoms with Crippen molar-refractivity contribution in [2.24, 2.45) is 17.3 Å². The summed E-state index contributed by atoms with van der Waals surface area (Å²) in [6, 6.07) is 14.4. The molecule has 2 aromatic carbocycles. The average Bonchev–Trinajstić information content (AvgIpc) is 3.21. The molecule has 7 heteroatoms. The molecule has 0 saturated heterocycles. The average molecular weight is 523 g/mol. The van der Waals surface area contributed by atoms with Gasteiger partial charge in [0.1, 0.15) is 23.4 Å². The van der Waals surface area contributed by atoms with E-state index in [0.29, 0.717) is 17.1 Å². The molecule has 29 heavy (non-hydrogen) atoms. The number of allylic oxidation sites excluding steroid dienone is 1. The van der Waals surface area contributed by atoms with E-state index in [-0.39, 0.29) is 23.1 Å². The van der Waals surface area contributed by atoms with Crippen molar-refractivity contribution in [3.8, 4) is 17.6 Å².